The normalized spacial score (nSPS) is 17.2. The van der Waals surface area contributed by atoms with Gasteiger partial charge in [0.1, 0.15) is 5.75 Å². The Morgan fingerprint density at radius 1 is 1.23 bits per heavy atom. The molecule has 2 aromatic carbocycles. The summed E-state index contributed by atoms with van der Waals surface area (Å²) >= 11 is 5.97. The van der Waals surface area contributed by atoms with E-state index in [9.17, 15) is 13.2 Å². The average molecular weight is 395 g/mol. The number of nitrogens with one attached hydrogen (secondary N) is 1. The van der Waals surface area contributed by atoms with Crippen LogP contribution in [0, 0.1) is 0 Å². The summed E-state index contributed by atoms with van der Waals surface area (Å²) in [7, 11) is -1.97. The van der Waals surface area contributed by atoms with Gasteiger partial charge in [-0.1, -0.05) is 29.8 Å². The Kier molecular flexibility index (Phi) is 5.38. The Hall–Kier alpha value is -2.25. The van der Waals surface area contributed by atoms with Gasteiger partial charge >= 0.3 is 6.03 Å². The van der Waals surface area contributed by atoms with Gasteiger partial charge in [-0.3, -0.25) is 0 Å². The number of anilines is 1. The quantitative estimate of drug-likeness (QED) is 0.861. The smallest absolute Gasteiger partial charge is 0.321 e. The number of ether oxygens (including phenoxy) is 1. The summed E-state index contributed by atoms with van der Waals surface area (Å²) in [4.78, 5) is 14.3. The van der Waals surface area contributed by atoms with Crippen molar-refractivity contribution in [2.45, 2.75) is 16.6 Å². The summed E-state index contributed by atoms with van der Waals surface area (Å²) in [6.45, 7) is 0.511. The van der Waals surface area contributed by atoms with Crippen LogP contribution in [0.1, 0.15) is 6.42 Å². The molecule has 1 N–H and O–H groups in total. The first kappa shape index (κ1) is 18.5. The number of carbonyl (C=O) groups is 1. The van der Waals surface area contributed by atoms with Gasteiger partial charge in [0.2, 0.25) is 0 Å². The number of hydrogen-bond acceptors (Lipinski definition) is 4. The SMILES string of the molecule is COc1ccc(Cl)cc1NC(=O)N1CC[C@@H](S(=O)(=O)c2ccccc2)C1. The molecule has 1 aliphatic heterocycles. The molecule has 6 nitrogen and oxygen atoms in total. The van der Waals surface area contributed by atoms with Gasteiger partial charge in [-0.15, -0.1) is 0 Å². The summed E-state index contributed by atoms with van der Waals surface area (Å²) in [5.74, 6) is 0.482. The van der Waals surface area contributed by atoms with Gasteiger partial charge < -0.3 is 15.0 Å². The minimum Gasteiger partial charge on any atom is -0.495 e. The molecule has 26 heavy (non-hydrogen) atoms. The number of amides is 2. The highest BCUT2D eigenvalue weighted by atomic mass is 35.5. The number of rotatable bonds is 4. The van der Waals surface area contributed by atoms with E-state index < -0.39 is 15.1 Å². The van der Waals surface area contributed by atoms with Gasteiger partial charge in [-0.25, -0.2) is 13.2 Å². The zero-order chi connectivity index (χ0) is 18.7. The van der Waals surface area contributed by atoms with Crippen molar-refractivity contribution in [1.82, 2.24) is 4.90 Å². The highest BCUT2D eigenvalue weighted by molar-refractivity contribution is 7.92. The molecule has 1 fully saturated rings. The first-order chi connectivity index (χ1) is 12.4. The maximum atomic E-state index is 12.7. The summed E-state index contributed by atoms with van der Waals surface area (Å²) < 4.78 is 30.6. The molecule has 0 spiro atoms. The molecule has 0 saturated carbocycles. The van der Waals surface area contributed by atoms with Crippen LogP contribution in [0.15, 0.2) is 53.4 Å². The van der Waals surface area contributed by atoms with E-state index in [1.165, 1.54) is 12.0 Å². The molecule has 0 aliphatic carbocycles. The number of urea groups is 1. The number of hydrogen-bond donors (Lipinski definition) is 1. The molecule has 0 radical (unpaired) electrons. The van der Waals surface area contributed by atoms with Crippen molar-refractivity contribution in [3.8, 4) is 5.75 Å². The third kappa shape index (κ3) is 3.78. The van der Waals surface area contributed by atoms with E-state index >= 15 is 0 Å². The number of sulfone groups is 1. The lowest BCUT2D eigenvalue weighted by Crippen LogP contribution is -2.35. The molecule has 8 heteroatoms. The minimum atomic E-state index is -3.47. The molecular formula is C18H19ClN2O4S. The topological polar surface area (TPSA) is 75.7 Å². The minimum absolute atomic E-state index is 0.145. The third-order valence-corrected chi connectivity index (χ3v) is 6.77. The molecule has 1 heterocycles. The highest BCUT2D eigenvalue weighted by Gasteiger charge is 2.36. The third-order valence-electron chi connectivity index (χ3n) is 4.35. The molecule has 0 bridgehead atoms. The lowest BCUT2D eigenvalue weighted by molar-refractivity contribution is 0.222. The van der Waals surface area contributed by atoms with E-state index in [2.05, 4.69) is 5.32 Å². The first-order valence-electron chi connectivity index (χ1n) is 8.10. The van der Waals surface area contributed by atoms with Crippen LogP contribution in [0.2, 0.25) is 5.02 Å². The predicted molar refractivity (Wildman–Crippen MR) is 101 cm³/mol. The molecule has 138 valence electrons. The average Bonchev–Trinajstić information content (AvgIpc) is 3.14. The fourth-order valence-corrected chi connectivity index (χ4v) is 4.83. The summed E-state index contributed by atoms with van der Waals surface area (Å²) in [5.41, 5.74) is 0.444. The molecular weight excluding hydrogens is 376 g/mol. The Bertz CT molecular complexity index is 903. The molecule has 1 saturated heterocycles. The van der Waals surface area contributed by atoms with Crippen molar-refractivity contribution in [3.63, 3.8) is 0 Å². The molecule has 1 atom stereocenters. The molecule has 0 unspecified atom stereocenters. The van der Waals surface area contributed by atoms with Gasteiger partial charge in [0, 0.05) is 18.1 Å². The van der Waals surface area contributed by atoms with Crippen molar-refractivity contribution < 1.29 is 17.9 Å². The Balaban J connectivity index is 1.71. The van der Waals surface area contributed by atoms with Crippen LogP contribution >= 0.6 is 11.6 Å². The van der Waals surface area contributed by atoms with Gasteiger partial charge in [0.05, 0.1) is 22.9 Å². The predicted octanol–water partition coefficient (Wildman–Crippen LogP) is 3.43. The van der Waals surface area contributed by atoms with Crippen LogP contribution in [-0.4, -0.2) is 44.8 Å². The fourth-order valence-electron chi connectivity index (χ4n) is 2.94. The van der Waals surface area contributed by atoms with Gasteiger partial charge in [0.25, 0.3) is 0 Å². The Morgan fingerprint density at radius 3 is 2.65 bits per heavy atom. The van der Waals surface area contributed by atoms with E-state index in [0.717, 1.165) is 0 Å². The number of benzene rings is 2. The van der Waals surface area contributed by atoms with E-state index in [-0.39, 0.29) is 17.5 Å². The second-order valence-electron chi connectivity index (χ2n) is 5.99. The van der Waals surface area contributed by atoms with Crippen molar-refractivity contribution in [1.29, 1.82) is 0 Å². The van der Waals surface area contributed by atoms with Crippen LogP contribution in [0.5, 0.6) is 5.75 Å². The lowest BCUT2D eigenvalue weighted by atomic mass is 10.3. The Labute approximate surface area is 157 Å². The summed E-state index contributed by atoms with van der Waals surface area (Å²) in [6, 6.07) is 12.8. The largest absolute Gasteiger partial charge is 0.495 e. The zero-order valence-electron chi connectivity index (χ0n) is 14.2. The van der Waals surface area contributed by atoms with E-state index in [1.54, 1.807) is 48.5 Å². The number of halogens is 1. The number of likely N-dealkylation sites (tertiary alicyclic amines) is 1. The monoisotopic (exact) mass is 394 g/mol. The van der Waals surface area contributed by atoms with E-state index in [4.69, 9.17) is 16.3 Å². The maximum absolute atomic E-state index is 12.7. The summed E-state index contributed by atoms with van der Waals surface area (Å²) in [6.07, 6.45) is 0.400. The van der Waals surface area contributed by atoms with Gasteiger partial charge in [-0.05, 0) is 36.8 Å². The zero-order valence-corrected chi connectivity index (χ0v) is 15.8. The van der Waals surface area contributed by atoms with Gasteiger partial charge in [-0.2, -0.15) is 0 Å². The second kappa shape index (κ2) is 7.55. The Morgan fingerprint density at radius 2 is 1.96 bits per heavy atom. The highest BCUT2D eigenvalue weighted by Crippen LogP contribution is 2.29. The van der Waals surface area contributed by atoms with Crippen LogP contribution in [-0.2, 0) is 9.84 Å². The molecule has 1 aliphatic rings. The van der Waals surface area contributed by atoms with Gasteiger partial charge in [0.15, 0.2) is 9.84 Å². The summed E-state index contributed by atoms with van der Waals surface area (Å²) in [5, 5.41) is 2.59. The standard InChI is InChI=1S/C18H19ClN2O4S/c1-25-17-8-7-13(19)11-16(17)20-18(22)21-10-9-15(12-21)26(23,24)14-5-3-2-4-6-14/h2-8,11,15H,9-10,12H2,1H3,(H,20,22)/t15-/m1/s1. The van der Waals surface area contributed by atoms with Crippen LogP contribution in [0.25, 0.3) is 0 Å². The fraction of sp³-hybridized carbons (Fsp3) is 0.278. The number of nitrogens with zero attached hydrogens (tertiary/aromatic N) is 1. The molecule has 2 aromatic rings. The number of carbonyl (C=O) groups excluding carboxylic acids is 1. The molecule has 3 rings (SSSR count). The van der Waals surface area contributed by atoms with Crippen LogP contribution < -0.4 is 10.1 Å². The second-order valence-corrected chi connectivity index (χ2v) is 8.65. The van der Waals surface area contributed by atoms with Crippen molar-refractivity contribution in [2.75, 3.05) is 25.5 Å². The maximum Gasteiger partial charge on any atom is 0.321 e. The van der Waals surface area contributed by atoms with Crippen molar-refractivity contribution in [2.24, 2.45) is 0 Å². The van der Waals surface area contributed by atoms with Crippen LogP contribution in [0.4, 0.5) is 10.5 Å². The number of methoxy groups -OCH3 is 1. The first-order valence-corrected chi connectivity index (χ1v) is 10.0. The van der Waals surface area contributed by atoms with Crippen molar-refractivity contribution in [3.05, 3.63) is 53.6 Å². The van der Waals surface area contributed by atoms with Crippen LogP contribution in [0.3, 0.4) is 0 Å². The van der Waals surface area contributed by atoms with E-state index in [1.807, 2.05) is 0 Å². The van der Waals surface area contributed by atoms with E-state index in [0.29, 0.717) is 29.4 Å². The molecule has 2 amide bonds. The van der Waals surface area contributed by atoms with Crippen molar-refractivity contribution >= 4 is 33.2 Å². The molecule has 0 aromatic heterocycles. The lowest BCUT2D eigenvalue weighted by Gasteiger charge is -2.19.